The summed E-state index contributed by atoms with van der Waals surface area (Å²) in [6, 6.07) is 11.6. The summed E-state index contributed by atoms with van der Waals surface area (Å²) in [5.41, 5.74) is 10.5. The van der Waals surface area contributed by atoms with Crippen molar-refractivity contribution in [3.63, 3.8) is 0 Å². The van der Waals surface area contributed by atoms with Gasteiger partial charge in [-0.2, -0.15) is 0 Å². The van der Waals surface area contributed by atoms with Gasteiger partial charge in [0.2, 0.25) is 4.21 Å². The average molecular weight is 409 g/mol. The number of hydrogen-bond acceptors (Lipinski definition) is 6. The Morgan fingerprint density at radius 1 is 1.14 bits per heavy atom. The summed E-state index contributed by atoms with van der Waals surface area (Å²) in [6.07, 6.45) is 7.18. The monoisotopic (exact) mass is 408 g/mol. The Morgan fingerprint density at radius 2 is 2.04 bits per heavy atom. The Morgan fingerprint density at radius 3 is 2.75 bits per heavy atom. The smallest absolute Gasteiger partial charge is 0.232 e. The van der Waals surface area contributed by atoms with E-state index in [-0.39, 0.29) is 0 Å². The van der Waals surface area contributed by atoms with Crippen molar-refractivity contribution in [1.29, 1.82) is 0 Å². The fraction of sp³-hybridized carbons (Fsp3) is 0.190. The lowest BCUT2D eigenvalue weighted by molar-refractivity contribution is 0.594. The molecule has 0 aromatic carbocycles. The molecule has 142 valence electrons. The first-order valence-corrected chi connectivity index (χ1v) is 11.3. The SMILES string of the molecule is CCCC[S@+]([O-])c1sc2nc(-c3cccnc3)cc(-c3ccccn3)c2c1N. The number of anilines is 1. The number of thiophene rings is 1. The van der Waals surface area contributed by atoms with Crippen LogP contribution in [-0.4, -0.2) is 25.3 Å². The summed E-state index contributed by atoms with van der Waals surface area (Å²) in [5.74, 6) is 0.613. The van der Waals surface area contributed by atoms with Crippen molar-refractivity contribution in [3.8, 4) is 22.5 Å². The zero-order valence-corrected chi connectivity index (χ0v) is 17.1. The molecule has 0 aliphatic carbocycles. The van der Waals surface area contributed by atoms with E-state index < -0.39 is 11.2 Å². The van der Waals surface area contributed by atoms with Gasteiger partial charge in [-0.1, -0.05) is 30.7 Å². The number of nitrogens with two attached hydrogens (primary N) is 1. The van der Waals surface area contributed by atoms with E-state index in [9.17, 15) is 4.55 Å². The van der Waals surface area contributed by atoms with E-state index in [4.69, 9.17) is 10.7 Å². The van der Waals surface area contributed by atoms with Crippen LogP contribution in [0.4, 0.5) is 5.69 Å². The molecular weight excluding hydrogens is 388 g/mol. The van der Waals surface area contributed by atoms with Crippen LogP contribution in [0.15, 0.2) is 59.2 Å². The topological polar surface area (TPSA) is 87.8 Å². The van der Waals surface area contributed by atoms with Crippen LogP contribution in [0.5, 0.6) is 0 Å². The van der Waals surface area contributed by atoms with Gasteiger partial charge in [-0.05, 0) is 47.9 Å². The zero-order chi connectivity index (χ0) is 19.5. The van der Waals surface area contributed by atoms with Gasteiger partial charge in [0.05, 0.1) is 11.4 Å². The molecule has 7 heteroatoms. The van der Waals surface area contributed by atoms with E-state index in [2.05, 4.69) is 16.9 Å². The van der Waals surface area contributed by atoms with E-state index in [1.807, 2.05) is 36.4 Å². The Kier molecular flexibility index (Phi) is 5.57. The molecule has 0 aliphatic rings. The van der Waals surface area contributed by atoms with Crippen molar-refractivity contribution in [3.05, 3.63) is 55.0 Å². The third-order valence-electron chi connectivity index (χ3n) is 4.45. The van der Waals surface area contributed by atoms with Gasteiger partial charge >= 0.3 is 0 Å². The molecule has 1 atom stereocenters. The lowest BCUT2D eigenvalue weighted by atomic mass is 10.0. The van der Waals surface area contributed by atoms with E-state index in [1.165, 1.54) is 11.3 Å². The van der Waals surface area contributed by atoms with Crippen molar-refractivity contribution < 1.29 is 4.55 Å². The van der Waals surface area contributed by atoms with E-state index in [0.29, 0.717) is 15.6 Å². The van der Waals surface area contributed by atoms with E-state index in [0.717, 1.165) is 45.6 Å². The van der Waals surface area contributed by atoms with E-state index in [1.54, 1.807) is 18.6 Å². The van der Waals surface area contributed by atoms with Gasteiger partial charge < -0.3 is 10.3 Å². The average Bonchev–Trinajstić information content (AvgIpc) is 3.09. The predicted molar refractivity (Wildman–Crippen MR) is 117 cm³/mol. The lowest BCUT2D eigenvalue weighted by Gasteiger charge is -2.09. The van der Waals surface area contributed by atoms with Crippen LogP contribution in [0.25, 0.3) is 32.7 Å². The van der Waals surface area contributed by atoms with Crippen molar-refractivity contribution in [2.24, 2.45) is 0 Å². The molecule has 4 aromatic rings. The van der Waals surface area contributed by atoms with Crippen molar-refractivity contribution in [2.45, 2.75) is 24.0 Å². The summed E-state index contributed by atoms with van der Waals surface area (Å²) in [7, 11) is 0. The number of aromatic nitrogens is 3. The Labute approximate surface area is 170 Å². The number of rotatable bonds is 6. The van der Waals surface area contributed by atoms with Crippen molar-refractivity contribution in [1.82, 2.24) is 15.0 Å². The van der Waals surface area contributed by atoms with Gasteiger partial charge in [0.1, 0.15) is 16.3 Å². The molecule has 2 N–H and O–H groups in total. The number of nitrogens with zero attached hydrogens (tertiary/aromatic N) is 3. The molecule has 28 heavy (non-hydrogen) atoms. The van der Waals surface area contributed by atoms with Crippen LogP contribution >= 0.6 is 11.3 Å². The van der Waals surface area contributed by atoms with Crippen LogP contribution in [-0.2, 0) is 11.2 Å². The van der Waals surface area contributed by atoms with Crippen LogP contribution in [0, 0.1) is 0 Å². The largest absolute Gasteiger partial charge is 0.611 e. The Hall–Kier alpha value is -2.48. The highest BCUT2D eigenvalue weighted by molar-refractivity contribution is 7.93. The lowest BCUT2D eigenvalue weighted by Crippen LogP contribution is -2.06. The quantitative estimate of drug-likeness (QED) is 0.458. The number of pyridine rings is 3. The first kappa shape index (κ1) is 18.9. The van der Waals surface area contributed by atoms with Gasteiger partial charge in [-0.25, -0.2) is 4.98 Å². The fourth-order valence-electron chi connectivity index (χ4n) is 3.02. The summed E-state index contributed by atoms with van der Waals surface area (Å²) in [4.78, 5) is 14.3. The molecule has 0 spiro atoms. The van der Waals surface area contributed by atoms with Gasteiger partial charge in [-0.3, -0.25) is 9.97 Å². The molecule has 0 fully saturated rings. The first-order valence-electron chi connectivity index (χ1n) is 9.12. The third-order valence-corrected chi connectivity index (χ3v) is 7.45. The molecule has 4 rings (SSSR count). The highest BCUT2D eigenvalue weighted by Crippen LogP contribution is 2.43. The van der Waals surface area contributed by atoms with Crippen LogP contribution < -0.4 is 5.73 Å². The normalized spacial score (nSPS) is 12.4. The molecule has 0 amide bonds. The summed E-state index contributed by atoms with van der Waals surface area (Å²) >= 11 is 0.293. The zero-order valence-electron chi connectivity index (χ0n) is 15.5. The number of hydrogen-bond donors (Lipinski definition) is 1. The second kappa shape index (κ2) is 8.26. The maximum Gasteiger partial charge on any atom is 0.232 e. The maximum absolute atomic E-state index is 12.8. The summed E-state index contributed by atoms with van der Waals surface area (Å²) < 4.78 is 13.5. The van der Waals surface area contributed by atoms with Crippen LogP contribution in [0.2, 0.25) is 0 Å². The molecule has 0 bridgehead atoms. The molecule has 0 aliphatic heterocycles. The van der Waals surface area contributed by atoms with E-state index >= 15 is 0 Å². The molecule has 0 unspecified atom stereocenters. The minimum atomic E-state index is -1.12. The molecular formula is C21H20N4OS2. The molecule has 5 nitrogen and oxygen atoms in total. The minimum absolute atomic E-state index is 0.556. The molecule has 4 aromatic heterocycles. The molecule has 0 radical (unpaired) electrons. The second-order valence-corrected chi connectivity index (χ2v) is 9.16. The van der Waals surface area contributed by atoms with Gasteiger partial charge in [-0.15, -0.1) is 0 Å². The number of nitrogen functional groups attached to an aromatic ring is 1. The maximum atomic E-state index is 12.8. The van der Waals surface area contributed by atoms with Crippen LogP contribution in [0.1, 0.15) is 19.8 Å². The first-order chi connectivity index (χ1) is 13.7. The second-order valence-electron chi connectivity index (χ2n) is 6.40. The third kappa shape index (κ3) is 3.61. The molecule has 0 saturated carbocycles. The molecule has 4 heterocycles. The van der Waals surface area contributed by atoms with Gasteiger partial charge in [0.25, 0.3) is 0 Å². The highest BCUT2D eigenvalue weighted by atomic mass is 32.2. The predicted octanol–water partition coefficient (Wildman–Crippen LogP) is 4.91. The fourth-order valence-corrected chi connectivity index (χ4v) is 5.82. The summed E-state index contributed by atoms with van der Waals surface area (Å²) in [6.45, 7) is 2.09. The standard InChI is InChI=1S/C21H20N4OS2/c1-2-3-11-28(26)21-19(22)18-15(16-8-4-5-10-24-16)12-17(25-20(18)27-21)14-7-6-9-23-13-14/h4-10,12-13H,2-3,11,22H2,1H3/t28-/m0/s1. The Bertz CT molecular complexity index is 1080. The van der Waals surface area contributed by atoms with Crippen LogP contribution in [0.3, 0.4) is 0 Å². The number of fused-ring (bicyclic) bond motifs is 1. The molecule has 0 saturated heterocycles. The summed E-state index contributed by atoms with van der Waals surface area (Å²) in [5, 5.41) is 0.830. The van der Waals surface area contributed by atoms with Crippen molar-refractivity contribution >= 4 is 38.4 Å². The van der Waals surface area contributed by atoms with Crippen molar-refractivity contribution in [2.75, 3.05) is 11.5 Å². The number of unbranched alkanes of at least 4 members (excludes halogenated alkanes) is 1. The van der Waals surface area contributed by atoms with Gasteiger partial charge in [0, 0.05) is 35.1 Å². The Balaban J connectivity index is 1.94. The van der Waals surface area contributed by atoms with Gasteiger partial charge in [0.15, 0.2) is 0 Å². The minimum Gasteiger partial charge on any atom is -0.611 e. The highest BCUT2D eigenvalue weighted by Gasteiger charge is 2.24.